The Kier molecular flexibility index (Phi) is 9.26. The van der Waals surface area contributed by atoms with Crippen molar-refractivity contribution in [3.05, 3.63) is 83.2 Å². The minimum absolute atomic E-state index is 0.0515. The third kappa shape index (κ3) is 5.97. The third-order valence-corrected chi connectivity index (χ3v) is 6.56. The molecule has 0 nitrogen and oxygen atoms in total. The fraction of sp³-hybridized carbons (Fsp3) is 0.467. The number of rotatable bonds is 12. The lowest BCUT2D eigenvalue weighted by Gasteiger charge is -2.30. The predicted octanol–water partition coefficient (Wildman–Crippen LogP) is 9.80. The van der Waals surface area contributed by atoms with Gasteiger partial charge in [-0.2, -0.15) is 0 Å². The van der Waals surface area contributed by atoms with Crippen LogP contribution in [0, 0.1) is 0 Å². The summed E-state index contributed by atoms with van der Waals surface area (Å²) in [5.41, 5.74) is 1.73. The van der Waals surface area contributed by atoms with Crippen molar-refractivity contribution in [1.29, 1.82) is 0 Å². The van der Waals surface area contributed by atoms with Gasteiger partial charge in [0.2, 0.25) is 0 Å². The van der Waals surface area contributed by atoms with E-state index in [4.69, 9.17) is 0 Å². The zero-order valence-electron chi connectivity index (χ0n) is 19.8. The second-order valence-electron chi connectivity index (χ2n) is 9.11. The van der Waals surface area contributed by atoms with Crippen molar-refractivity contribution < 1.29 is 8.78 Å². The predicted molar refractivity (Wildman–Crippen MR) is 133 cm³/mol. The molecule has 172 valence electrons. The highest BCUT2D eigenvalue weighted by Gasteiger charge is 2.41. The van der Waals surface area contributed by atoms with Crippen LogP contribution in [0.2, 0.25) is 0 Å². The number of benzene rings is 2. The monoisotopic (exact) mass is 436 g/mol. The summed E-state index contributed by atoms with van der Waals surface area (Å²) in [4.78, 5) is 0. The highest BCUT2D eigenvalue weighted by atomic mass is 19.2. The van der Waals surface area contributed by atoms with Gasteiger partial charge in [0.25, 0.3) is 0 Å². The smallest absolute Gasteiger partial charge is 0.191 e. The Labute approximate surface area is 193 Å². The van der Waals surface area contributed by atoms with Crippen LogP contribution in [-0.4, -0.2) is 0 Å². The molecule has 1 unspecified atom stereocenters. The first-order valence-corrected chi connectivity index (χ1v) is 12.5. The molecule has 1 atom stereocenters. The molecule has 0 spiro atoms. The molecule has 1 aliphatic rings. The summed E-state index contributed by atoms with van der Waals surface area (Å²) >= 11 is 0. The van der Waals surface area contributed by atoms with Gasteiger partial charge in [0.15, 0.2) is 5.67 Å². The van der Waals surface area contributed by atoms with Crippen molar-refractivity contribution >= 4 is 0 Å². The Bertz CT molecular complexity index is 910. The molecule has 0 amide bonds. The van der Waals surface area contributed by atoms with Crippen molar-refractivity contribution in [2.45, 2.75) is 90.1 Å². The number of unbranched alkanes of at least 4 members (excludes halogenated alkanes) is 6. The van der Waals surface area contributed by atoms with Crippen LogP contribution in [-0.2, 0) is 12.1 Å². The van der Waals surface area contributed by atoms with Crippen molar-refractivity contribution in [1.82, 2.24) is 0 Å². The van der Waals surface area contributed by atoms with Gasteiger partial charge in [-0.15, -0.1) is 0 Å². The maximum absolute atomic E-state index is 16.6. The minimum atomic E-state index is -2.10. The van der Waals surface area contributed by atoms with Crippen LogP contribution < -0.4 is 0 Å². The second kappa shape index (κ2) is 12.1. The number of hydrogen-bond acceptors (Lipinski definition) is 0. The summed E-state index contributed by atoms with van der Waals surface area (Å²) < 4.78 is 32.3. The van der Waals surface area contributed by atoms with Gasteiger partial charge in [0.1, 0.15) is 5.83 Å². The molecule has 0 heterocycles. The summed E-state index contributed by atoms with van der Waals surface area (Å²) in [5, 5.41) is 0. The van der Waals surface area contributed by atoms with E-state index in [9.17, 15) is 0 Å². The van der Waals surface area contributed by atoms with Gasteiger partial charge in [-0.05, 0) is 47.9 Å². The van der Waals surface area contributed by atoms with E-state index in [2.05, 4.69) is 19.9 Å². The molecule has 0 saturated heterocycles. The minimum Gasteiger partial charge on any atom is -0.230 e. The van der Waals surface area contributed by atoms with Gasteiger partial charge in [-0.3, -0.25) is 0 Å². The molecule has 0 saturated carbocycles. The maximum Gasteiger partial charge on any atom is 0.191 e. The Morgan fingerprint density at radius 3 is 2.25 bits per heavy atom. The first-order valence-electron chi connectivity index (χ1n) is 12.5. The van der Waals surface area contributed by atoms with E-state index < -0.39 is 11.5 Å². The summed E-state index contributed by atoms with van der Waals surface area (Å²) in [5.74, 6) is -0.589. The summed E-state index contributed by atoms with van der Waals surface area (Å²) in [6.45, 7) is 4.34. The molecule has 2 heteroatoms. The normalized spacial score (nSPS) is 18.4. The van der Waals surface area contributed by atoms with E-state index in [0.29, 0.717) is 17.6 Å². The van der Waals surface area contributed by atoms with Crippen LogP contribution in [0.4, 0.5) is 8.78 Å². The SMILES string of the molecule is CCCCCCCc1ccc(-c2ccccc2)c(C2(F)CC=CC(CCCCC)=C2F)c1. The highest BCUT2D eigenvalue weighted by Crippen LogP contribution is 2.47. The summed E-state index contributed by atoms with van der Waals surface area (Å²) in [6.07, 6.45) is 14.2. The average Bonchev–Trinajstić information content (AvgIpc) is 2.82. The van der Waals surface area contributed by atoms with Crippen LogP contribution in [0.1, 0.15) is 89.2 Å². The molecule has 0 N–H and O–H groups in total. The molecular formula is C30H38F2. The van der Waals surface area contributed by atoms with Crippen LogP contribution in [0.15, 0.2) is 72.1 Å². The Hall–Kier alpha value is -2.22. The zero-order valence-corrected chi connectivity index (χ0v) is 19.8. The average molecular weight is 437 g/mol. The molecule has 1 aliphatic carbocycles. The number of hydrogen-bond donors (Lipinski definition) is 0. The van der Waals surface area contributed by atoms with Gasteiger partial charge in [-0.1, -0.05) is 113 Å². The molecule has 0 radical (unpaired) electrons. The topological polar surface area (TPSA) is 0 Å². The highest BCUT2D eigenvalue weighted by molar-refractivity contribution is 5.70. The molecule has 3 rings (SSSR count). The first kappa shape index (κ1) is 24.4. The van der Waals surface area contributed by atoms with Gasteiger partial charge >= 0.3 is 0 Å². The number of alkyl halides is 1. The Morgan fingerprint density at radius 1 is 0.812 bits per heavy atom. The quantitative estimate of drug-likeness (QED) is 0.290. The number of halogens is 2. The largest absolute Gasteiger partial charge is 0.230 e. The first-order chi connectivity index (χ1) is 15.6. The van der Waals surface area contributed by atoms with E-state index >= 15 is 8.78 Å². The van der Waals surface area contributed by atoms with E-state index in [-0.39, 0.29) is 6.42 Å². The molecule has 0 aromatic heterocycles. The van der Waals surface area contributed by atoms with Gasteiger partial charge in [0, 0.05) is 12.0 Å². The lowest BCUT2D eigenvalue weighted by Crippen LogP contribution is -2.25. The van der Waals surface area contributed by atoms with Crippen LogP contribution in [0.25, 0.3) is 11.1 Å². The summed E-state index contributed by atoms with van der Waals surface area (Å²) in [6, 6.07) is 15.8. The fourth-order valence-corrected chi connectivity index (χ4v) is 4.64. The summed E-state index contributed by atoms with van der Waals surface area (Å²) in [7, 11) is 0. The molecule has 32 heavy (non-hydrogen) atoms. The van der Waals surface area contributed by atoms with Gasteiger partial charge in [-0.25, -0.2) is 8.78 Å². The van der Waals surface area contributed by atoms with Crippen LogP contribution >= 0.6 is 0 Å². The van der Waals surface area contributed by atoms with Crippen molar-refractivity contribution in [3.8, 4) is 11.1 Å². The maximum atomic E-state index is 16.6. The fourth-order valence-electron chi connectivity index (χ4n) is 4.64. The zero-order chi connectivity index (χ0) is 22.8. The molecule has 0 fully saturated rings. The molecule has 2 aromatic carbocycles. The molecular weight excluding hydrogens is 398 g/mol. The van der Waals surface area contributed by atoms with Crippen molar-refractivity contribution in [2.24, 2.45) is 0 Å². The standard InChI is InChI=1S/C30H38F2/c1-3-5-7-8-11-15-24-20-21-27(25-16-12-9-13-17-25)28(23-24)30(32)22-14-19-26(29(30)31)18-10-6-4-2/h9,12-14,16-17,19-21,23H,3-8,10-11,15,18,22H2,1-2H3. The van der Waals surface area contributed by atoms with Crippen LogP contribution in [0.5, 0.6) is 0 Å². The van der Waals surface area contributed by atoms with Crippen molar-refractivity contribution in [2.75, 3.05) is 0 Å². The third-order valence-electron chi connectivity index (χ3n) is 6.56. The van der Waals surface area contributed by atoms with Crippen molar-refractivity contribution in [3.63, 3.8) is 0 Å². The van der Waals surface area contributed by atoms with E-state index in [0.717, 1.165) is 48.8 Å². The van der Waals surface area contributed by atoms with E-state index in [1.807, 2.05) is 48.5 Å². The van der Waals surface area contributed by atoms with Crippen LogP contribution in [0.3, 0.4) is 0 Å². The lowest BCUT2D eigenvalue weighted by molar-refractivity contribution is 0.174. The molecule has 0 bridgehead atoms. The Morgan fingerprint density at radius 2 is 1.50 bits per heavy atom. The van der Waals surface area contributed by atoms with E-state index in [1.54, 1.807) is 6.08 Å². The Balaban J connectivity index is 1.95. The lowest BCUT2D eigenvalue weighted by atomic mass is 9.79. The molecule has 2 aromatic rings. The number of allylic oxidation sites excluding steroid dienone is 4. The number of aryl methyl sites for hydroxylation is 1. The van der Waals surface area contributed by atoms with Gasteiger partial charge in [0.05, 0.1) is 0 Å². The van der Waals surface area contributed by atoms with E-state index in [1.165, 1.54) is 25.7 Å². The van der Waals surface area contributed by atoms with Gasteiger partial charge < -0.3 is 0 Å². The molecule has 0 aliphatic heterocycles. The second-order valence-corrected chi connectivity index (χ2v) is 9.11.